The topological polar surface area (TPSA) is 83.0 Å². The number of aryl methyl sites for hydroxylation is 1. The van der Waals surface area contributed by atoms with Gasteiger partial charge < -0.3 is 4.74 Å². The standard InChI is InChI=1S/C23H27ClN4O4S2.ClH/c1-16-14-18(24)15-20-21(16)25-23(33-20)28(9-8-27-10-12-32-13-11-27)22(29)17-4-6-19(7-5-17)34(30,31)26(2)3;/h4-7,14-15H,8-13H2,1-3H3;1H. The second-order valence-electron chi connectivity index (χ2n) is 8.29. The quantitative estimate of drug-likeness (QED) is 0.437. The molecule has 0 spiro atoms. The normalized spacial score (nSPS) is 14.8. The molecule has 1 aromatic heterocycles. The van der Waals surface area contributed by atoms with Gasteiger partial charge in [-0.3, -0.25) is 14.6 Å². The highest BCUT2D eigenvalue weighted by Crippen LogP contribution is 2.33. The number of ether oxygens (including phenoxy) is 1. The molecule has 1 amide bonds. The first-order chi connectivity index (χ1) is 16.2. The molecule has 35 heavy (non-hydrogen) atoms. The van der Waals surface area contributed by atoms with E-state index < -0.39 is 10.0 Å². The summed E-state index contributed by atoms with van der Waals surface area (Å²) < 4.78 is 32.3. The molecule has 12 heteroatoms. The average molecular weight is 560 g/mol. The minimum Gasteiger partial charge on any atom is -0.379 e. The van der Waals surface area contributed by atoms with E-state index in [9.17, 15) is 13.2 Å². The van der Waals surface area contributed by atoms with Gasteiger partial charge in [-0.2, -0.15) is 0 Å². The van der Waals surface area contributed by atoms with E-state index in [1.165, 1.54) is 37.6 Å². The van der Waals surface area contributed by atoms with Crippen molar-refractivity contribution < 1.29 is 17.9 Å². The van der Waals surface area contributed by atoms with Gasteiger partial charge in [0.05, 0.1) is 28.3 Å². The van der Waals surface area contributed by atoms with E-state index in [4.69, 9.17) is 21.3 Å². The maximum Gasteiger partial charge on any atom is 0.260 e. The molecule has 0 saturated carbocycles. The number of thiazole rings is 1. The number of carbonyl (C=O) groups is 1. The van der Waals surface area contributed by atoms with E-state index in [1.807, 2.05) is 19.1 Å². The Morgan fingerprint density at radius 1 is 1.17 bits per heavy atom. The monoisotopic (exact) mass is 558 g/mol. The number of hydrogen-bond acceptors (Lipinski definition) is 7. The molecular weight excluding hydrogens is 531 g/mol. The van der Waals surface area contributed by atoms with Crippen LogP contribution in [0, 0.1) is 6.92 Å². The highest BCUT2D eigenvalue weighted by atomic mass is 35.5. The minimum atomic E-state index is -3.58. The number of rotatable bonds is 7. The van der Waals surface area contributed by atoms with Gasteiger partial charge in [-0.25, -0.2) is 17.7 Å². The van der Waals surface area contributed by atoms with Gasteiger partial charge in [0.15, 0.2) is 5.13 Å². The van der Waals surface area contributed by atoms with Crippen LogP contribution in [0.15, 0.2) is 41.3 Å². The van der Waals surface area contributed by atoms with Crippen LogP contribution in [0.3, 0.4) is 0 Å². The van der Waals surface area contributed by atoms with Crippen molar-refractivity contribution in [1.82, 2.24) is 14.2 Å². The van der Waals surface area contributed by atoms with Crippen LogP contribution in [0.25, 0.3) is 10.2 Å². The molecule has 1 aliphatic heterocycles. The summed E-state index contributed by atoms with van der Waals surface area (Å²) in [5, 5.41) is 1.22. The summed E-state index contributed by atoms with van der Waals surface area (Å²) in [7, 11) is -0.625. The van der Waals surface area contributed by atoms with Crippen LogP contribution in [0.2, 0.25) is 5.02 Å². The molecule has 0 radical (unpaired) electrons. The van der Waals surface area contributed by atoms with Gasteiger partial charge in [0, 0.05) is 50.9 Å². The lowest BCUT2D eigenvalue weighted by Gasteiger charge is -2.29. The summed E-state index contributed by atoms with van der Waals surface area (Å²) in [6.45, 7) is 6.05. The fourth-order valence-corrected chi connectivity index (χ4v) is 6.09. The molecule has 1 saturated heterocycles. The van der Waals surface area contributed by atoms with Gasteiger partial charge in [-0.15, -0.1) is 12.4 Å². The molecule has 0 N–H and O–H groups in total. The molecule has 4 rings (SSSR count). The number of aromatic nitrogens is 1. The summed E-state index contributed by atoms with van der Waals surface area (Å²) in [6, 6.07) is 9.75. The Morgan fingerprint density at radius 3 is 2.46 bits per heavy atom. The van der Waals surface area contributed by atoms with Crippen LogP contribution in [0.1, 0.15) is 15.9 Å². The van der Waals surface area contributed by atoms with Crippen LogP contribution in [0.4, 0.5) is 5.13 Å². The first-order valence-corrected chi connectivity index (χ1v) is 13.5. The fourth-order valence-electron chi connectivity index (χ4n) is 3.74. The van der Waals surface area contributed by atoms with E-state index in [0.717, 1.165) is 33.2 Å². The van der Waals surface area contributed by atoms with Crippen molar-refractivity contribution in [3.8, 4) is 0 Å². The molecule has 1 fully saturated rings. The Kier molecular flexibility index (Phi) is 9.14. The summed E-state index contributed by atoms with van der Waals surface area (Å²) in [5.41, 5.74) is 2.17. The Bertz CT molecular complexity index is 1290. The van der Waals surface area contributed by atoms with Crippen molar-refractivity contribution in [1.29, 1.82) is 0 Å². The van der Waals surface area contributed by atoms with Crippen molar-refractivity contribution in [2.45, 2.75) is 11.8 Å². The second-order valence-corrected chi connectivity index (χ2v) is 11.9. The fraction of sp³-hybridized carbons (Fsp3) is 0.391. The Hall–Kier alpha value is -1.79. The zero-order valence-corrected chi connectivity index (χ0v) is 22.9. The lowest BCUT2D eigenvalue weighted by atomic mass is 10.2. The van der Waals surface area contributed by atoms with Crippen LogP contribution < -0.4 is 4.90 Å². The lowest BCUT2D eigenvalue weighted by Crippen LogP contribution is -2.43. The van der Waals surface area contributed by atoms with E-state index in [0.29, 0.717) is 42.0 Å². The third kappa shape index (κ3) is 6.14. The summed E-state index contributed by atoms with van der Waals surface area (Å²) >= 11 is 7.65. The zero-order valence-electron chi connectivity index (χ0n) is 19.7. The van der Waals surface area contributed by atoms with Gasteiger partial charge in [0.2, 0.25) is 10.0 Å². The number of sulfonamides is 1. The van der Waals surface area contributed by atoms with Crippen molar-refractivity contribution in [2.75, 3.05) is 58.4 Å². The molecular formula is C23H28Cl2N4O4S2. The number of morpholine rings is 1. The molecule has 190 valence electrons. The third-order valence-electron chi connectivity index (χ3n) is 5.74. The summed E-state index contributed by atoms with van der Waals surface area (Å²) in [6.07, 6.45) is 0. The van der Waals surface area contributed by atoms with Crippen LogP contribution >= 0.6 is 35.3 Å². The smallest absolute Gasteiger partial charge is 0.260 e. The number of nitrogens with zero attached hydrogens (tertiary/aromatic N) is 4. The molecule has 0 aliphatic carbocycles. The van der Waals surface area contributed by atoms with Crippen molar-refractivity contribution in [2.24, 2.45) is 0 Å². The second kappa shape index (κ2) is 11.5. The minimum absolute atomic E-state index is 0. The predicted octanol–water partition coefficient (Wildman–Crippen LogP) is 3.91. The first kappa shape index (κ1) is 27.8. The highest BCUT2D eigenvalue weighted by Gasteiger charge is 2.24. The number of amides is 1. The summed E-state index contributed by atoms with van der Waals surface area (Å²) in [5.74, 6) is -0.232. The number of hydrogen-bond donors (Lipinski definition) is 0. The van der Waals surface area contributed by atoms with Gasteiger partial charge in [0.25, 0.3) is 5.91 Å². The van der Waals surface area contributed by atoms with Crippen LogP contribution in [0.5, 0.6) is 0 Å². The average Bonchev–Trinajstić information content (AvgIpc) is 3.24. The molecule has 8 nitrogen and oxygen atoms in total. The lowest BCUT2D eigenvalue weighted by molar-refractivity contribution is 0.0391. The van der Waals surface area contributed by atoms with Gasteiger partial charge in [0.1, 0.15) is 0 Å². The number of anilines is 1. The Morgan fingerprint density at radius 2 is 1.83 bits per heavy atom. The molecule has 3 aromatic rings. The molecule has 0 unspecified atom stereocenters. The maximum absolute atomic E-state index is 13.6. The molecule has 2 heterocycles. The number of carbonyl (C=O) groups excluding carboxylic acids is 1. The third-order valence-corrected chi connectivity index (χ3v) is 8.81. The molecule has 0 atom stereocenters. The number of fused-ring (bicyclic) bond motifs is 1. The first-order valence-electron chi connectivity index (χ1n) is 10.9. The predicted molar refractivity (Wildman–Crippen MR) is 143 cm³/mol. The van der Waals surface area contributed by atoms with E-state index in [1.54, 1.807) is 17.0 Å². The van der Waals surface area contributed by atoms with Crippen LogP contribution in [-0.2, 0) is 14.8 Å². The molecule has 2 aromatic carbocycles. The molecule has 1 aliphatic rings. The Balaban J connectivity index is 0.00000342. The summed E-state index contributed by atoms with van der Waals surface area (Å²) in [4.78, 5) is 22.4. The SMILES string of the molecule is Cc1cc(Cl)cc2sc(N(CCN3CCOCC3)C(=O)c3ccc(S(=O)(=O)N(C)C)cc3)nc12.Cl. The number of halogens is 2. The van der Waals surface area contributed by atoms with Crippen molar-refractivity contribution in [3.05, 3.63) is 52.5 Å². The van der Waals surface area contributed by atoms with E-state index in [-0.39, 0.29) is 23.2 Å². The Labute approximate surface area is 220 Å². The zero-order chi connectivity index (χ0) is 24.5. The number of benzene rings is 2. The van der Waals surface area contributed by atoms with Gasteiger partial charge >= 0.3 is 0 Å². The van der Waals surface area contributed by atoms with E-state index >= 15 is 0 Å². The maximum atomic E-state index is 13.6. The van der Waals surface area contributed by atoms with Crippen molar-refractivity contribution >= 4 is 66.6 Å². The van der Waals surface area contributed by atoms with Gasteiger partial charge in [-0.1, -0.05) is 22.9 Å². The van der Waals surface area contributed by atoms with Crippen molar-refractivity contribution in [3.63, 3.8) is 0 Å². The largest absolute Gasteiger partial charge is 0.379 e. The van der Waals surface area contributed by atoms with Crippen LogP contribution in [-0.4, -0.2) is 82.0 Å². The highest BCUT2D eigenvalue weighted by molar-refractivity contribution is 7.89. The van der Waals surface area contributed by atoms with E-state index in [2.05, 4.69) is 4.90 Å². The van der Waals surface area contributed by atoms with Gasteiger partial charge in [-0.05, 0) is 48.9 Å². The molecule has 0 bridgehead atoms.